The summed E-state index contributed by atoms with van der Waals surface area (Å²) in [5.74, 6) is -1.85. The lowest BCUT2D eigenvalue weighted by Gasteiger charge is -2.16. The van der Waals surface area contributed by atoms with Crippen molar-refractivity contribution in [1.29, 1.82) is 0 Å². The average molecular weight is 531 g/mol. The molecule has 1 aromatic heterocycles. The molecule has 4 aromatic rings. The van der Waals surface area contributed by atoms with Gasteiger partial charge in [-0.2, -0.15) is 0 Å². The molecule has 2 amide bonds. The average Bonchev–Trinajstić information content (AvgIpc) is 3.26. The van der Waals surface area contributed by atoms with Crippen molar-refractivity contribution < 1.29 is 23.9 Å². The van der Waals surface area contributed by atoms with Gasteiger partial charge in [-0.05, 0) is 44.0 Å². The van der Waals surface area contributed by atoms with Crippen molar-refractivity contribution in [2.75, 3.05) is 4.90 Å². The van der Waals surface area contributed by atoms with Gasteiger partial charge in [0.25, 0.3) is 0 Å². The Morgan fingerprint density at radius 3 is 2.15 bits per heavy atom. The molecule has 1 aliphatic carbocycles. The van der Waals surface area contributed by atoms with Gasteiger partial charge in [0.05, 0.1) is 34.3 Å². The minimum absolute atomic E-state index is 0.167. The summed E-state index contributed by atoms with van der Waals surface area (Å²) in [6.07, 6.45) is 4.12. The first-order chi connectivity index (χ1) is 19.4. The largest absolute Gasteiger partial charge is 0.451 e. The first-order valence-electron chi connectivity index (χ1n) is 13.3. The highest BCUT2D eigenvalue weighted by Gasteiger charge is 2.47. The molecule has 2 aliphatic rings. The van der Waals surface area contributed by atoms with E-state index in [4.69, 9.17) is 9.72 Å². The summed E-state index contributed by atoms with van der Waals surface area (Å²) in [6.45, 7) is 1.56. The van der Waals surface area contributed by atoms with Crippen LogP contribution in [0, 0.1) is 11.8 Å². The Hall–Kier alpha value is -4.91. The number of carbonyl (C=O) groups excluding carboxylic acids is 4. The van der Waals surface area contributed by atoms with E-state index in [-0.39, 0.29) is 29.4 Å². The van der Waals surface area contributed by atoms with Crippen LogP contribution in [0.3, 0.4) is 0 Å². The second kappa shape index (κ2) is 10.3. The molecule has 40 heavy (non-hydrogen) atoms. The molecule has 1 saturated heterocycles. The zero-order valence-electron chi connectivity index (χ0n) is 21.8. The Labute approximate surface area is 231 Å². The van der Waals surface area contributed by atoms with E-state index >= 15 is 0 Å². The van der Waals surface area contributed by atoms with Crippen LogP contribution >= 0.6 is 0 Å². The van der Waals surface area contributed by atoms with Crippen LogP contribution in [0.4, 0.5) is 5.69 Å². The number of fused-ring (bicyclic) bond motifs is 2. The van der Waals surface area contributed by atoms with Crippen LogP contribution in [0.2, 0.25) is 0 Å². The molecule has 3 atom stereocenters. The van der Waals surface area contributed by atoms with Crippen molar-refractivity contribution in [2.45, 2.75) is 25.9 Å². The number of ether oxygens (including phenoxy) is 1. The van der Waals surface area contributed by atoms with Crippen molar-refractivity contribution in [3.63, 3.8) is 0 Å². The Morgan fingerprint density at radius 1 is 0.850 bits per heavy atom. The third-order valence-electron chi connectivity index (χ3n) is 7.58. The van der Waals surface area contributed by atoms with Gasteiger partial charge in [-0.15, -0.1) is 0 Å². The number of Topliss-reactive ketones (excluding diaryl/α,β-unsaturated/α-hetero) is 1. The Bertz CT molecular complexity index is 1650. The van der Waals surface area contributed by atoms with Crippen LogP contribution in [0.1, 0.15) is 40.5 Å². The van der Waals surface area contributed by atoms with Gasteiger partial charge in [-0.25, -0.2) is 9.78 Å². The van der Waals surface area contributed by atoms with E-state index < -0.39 is 12.1 Å². The number of ketones is 1. The lowest BCUT2D eigenvalue weighted by atomic mass is 9.85. The molecular weight excluding hydrogens is 504 g/mol. The third-order valence-corrected chi connectivity index (χ3v) is 7.58. The molecule has 0 radical (unpaired) electrons. The molecule has 7 heteroatoms. The first kappa shape index (κ1) is 25.4. The second-order valence-corrected chi connectivity index (χ2v) is 10.1. The molecule has 1 aliphatic heterocycles. The molecule has 2 heterocycles. The van der Waals surface area contributed by atoms with Gasteiger partial charge in [0.2, 0.25) is 17.6 Å². The van der Waals surface area contributed by atoms with Gasteiger partial charge >= 0.3 is 5.97 Å². The zero-order valence-corrected chi connectivity index (χ0v) is 21.8. The molecule has 0 bridgehead atoms. The lowest BCUT2D eigenvalue weighted by molar-refractivity contribution is -0.122. The monoisotopic (exact) mass is 530 g/mol. The number of nitrogens with zero attached hydrogens (tertiary/aromatic N) is 2. The fourth-order valence-corrected chi connectivity index (χ4v) is 5.44. The van der Waals surface area contributed by atoms with Crippen molar-refractivity contribution in [3.05, 3.63) is 108 Å². The van der Waals surface area contributed by atoms with E-state index in [1.165, 1.54) is 4.90 Å². The summed E-state index contributed by atoms with van der Waals surface area (Å²) in [5.41, 5.74) is 3.10. The fraction of sp³-hybridized carbons (Fsp3) is 0.182. The molecule has 0 N–H and O–H groups in total. The quantitative estimate of drug-likeness (QED) is 0.136. The molecule has 3 unspecified atom stereocenters. The summed E-state index contributed by atoms with van der Waals surface area (Å²) in [7, 11) is 0. The highest BCUT2D eigenvalue weighted by atomic mass is 16.5. The van der Waals surface area contributed by atoms with E-state index in [9.17, 15) is 19.2 Å². The highest BCUT2D eigenvalue weighted by molar-refractivity contribution is 6.22. The van der Waals surface area contributed by atoms with Crippen molar-refractivity contribution in [1.82, 2.24) is 4.98 Å². The van der Waals surface area contributed by atoms with Crippen LogP contribution in [-0.4, -0.2) is 34.7 Å². The zero-order chi connectivity index (χ0) is 27.8. The number of para-hydroxylation sites is 1. The van der Waals surface area contributed by atoms with Gasteiger partial charge in [-0.1, -0.05) is 72.8 Å². The molecule has 1 fully saturated rings. The maximum atomic E-state index is 13.3. The summed E-state index contributed by atoms with van der Waals surface area (Å²) < 4.78 is 5.61. The maximum absolute atomic E-state index is 13.3. The van der Waals surface area contributed by atoms with Gasteiger partial charge in [0.1, 0.15) is 0 Å². The van der Waals surface area contributed by atoms with Gasteiger partial charge < -0.3 is 4.74 Å². The topological polar surface area (TPSA) is 93.6 Å². The predicted molar refractivity (Wildman–Crippen MR) is 151 cm³/mol. The van der Waals surface area contributed by atoms with Crippen LogP contribution < -0.4 is 4.90 Å². The van der Waals surface area contributed by atoms with Crippen LogP contribution in [0.15, 0.2) is 97.1 Å². The van der Waals surface area contributed by atoms with E-state index in [1.54, 1.807) is 73.7 Å². The summed E-state index contributed by atoms with van der Waals surface area (Å²) in [5, 5.41) is 0.608. The number of rotatable bonds is 6. The van der Waals surface area contributed by atoms with Gasteiger partial charge in [0.15, 0.2) is 6.10 Å². The van der Waals surface area contributed by atoms with Gasteiger partial charge in [0, 0.05) is 16.5 Å². The molecule has 0 spiro atoms. The van der Waals surface area contributed by atoms with Crippen LogP contribution in [0.25, 0.3) is 22.2 Å². The highest BCUT2D eigenvalue weighted by Crippen LogP contribution is 2.38. The molecule has 198 valence electrons. The Kier molecular flexibility index (Phi) is 6.56. The number of carbonyl (C=O) groups is 4. The van der Waals surface area contributed by atoms with Crippen molar-refractivity contribution in [2.24, 2.45) is 11.8 Å². The molecule has 6 rings (SSSR count). The maximum Gasteiger partial charge on any atom is 0.339 e. The predicted octanol–water partition coefficient (Wildman–Crippen LogP) is 5.79. The smallest absolute Gasteiger partial charge is 0.339 e. The number of hydrogen-bond acceptors (Lipinski definition) is 6. The molecule has 7 nitrogen and oxygen atoms in total. The SMILES string of the molecule is CC(OC(=O)c1cc(-c2ccc(N3C(=O)C4CC=CCC4C3=O)cc2)nc2ccccc12)C(=O)c1ccccc1. The van der Waals surface area contributed by atoms with E-state index in [2.05, 4.69) is 0 Å². The fourth-order valence-electron chi connectivity index (χ4n) is 5.44. The number of aromatic nitrogens is 1. The van der Waals surface area contributed by atoms with Crippen LogP contribution in [-0.2, 0) is 14.3 Å². The number of allylic oxidation sites excluding steroid dienone is 2. The van der Waals surface area contributed by atoms with E-state index in [0.717, 1.165) is 0 Å². The lowest BCUT2D eigenvalue weighted by Crippen LogP contribution is -2.30. The minimum Gasteiger partial charge on any atom is -0.451 e. The summed E-state index contributed by atoms with van der Waals surface area (Å²) in [4.78, 5) is 58.1. The first-order valence-corrected chi connectivity index (χ1v) is 13.3. The molecule has 0 saturated carbocycles. The summed E-state index contributed by atoms with van der Waals surface area (Å²) in [6, 6.07) is 24.6. The van der Waals surface area contributed by atoms with Crippen LogP contribution in [0.5, 0.6) is 0 Å². The number of amides is 2. The number of hydrogen-bond donors (Lipinski definition) is 0. The van der Waals surface area contributed by atoms with E-state index in [1.807, 2.05) is 30.4 Å². The number of esters is 1. The third kappa shape index (κ3) is 4.49. The molecular formula is C33H26N2O5. The van der Waals surface area contributed by atoms with Crippen molar-refractivity contribution in [3.8, 4) is 11.3 Å². The van der Waals surface area contributed by atoms with E-state index in [0.29, 0.717) is 51.8 Å². The molecule has 3 aromatic carbocycles. The van der Waals surface area contributed by atoms with Gasteiger partial charge in [-0.3, -0.25) is 19.3 Å². The summed E-state index contributed by atoms with van der Waals surface area (Å²) >= 11 is 0. The standard InChI is InChI=1S/C33H26N2O5/c1-20(30(36)22-9-3-2-4-10-22)40-33(39)27-19-29(34-28-14-8-7-11-24(27)28)21-15-17-23(18-16-21)35-31(37)25-12-5-6-13-26(25)32(35)38/h2-11,14-20,25-26H,12-13H2,1H3. The Morgan fingerprint density at radius 2 is 1.48 bits per heavy atom. The number of imide groups is 1. The number of anilines is 1. The minimum atomic E-state index is -0.973. The number of benzene rings is 3. The normalized spacial score (nSPS) is 19.0. The Balaban J connectivity index is 1.29. The number of pyridine rings is 1. The van der Waals surface area contributed by atoms with Crippen molar-refractivity contribution >= 4 is 40.2 Å². The second-order valence-electron chi connectivity index (χ2n) is 10.1.